The number of hydrogen-bond acceptors (Lipinski definition) is 2. The number of hydrogen-bond donors (Lipinski definition) is 1. The largest absolute Gasteiger partial charge is 0.492 e. The van der Waals surface area contributed by atoms with Gasteiger partial charge in [-0.2, -0.15) is 0 Å². The molecule has 0 atom stereocenters. The van der Waals surface area contributed by atoms with Gasteiger partial charge in [-0.1, -0.05) is 27.4 Å². The van der Waals surface area contributed by atoms with Crippen molar-refractivity contribution >= 4 is 5.97 Å². The van der Waals surface area contributed by atoms with E-state index in [1.54, 1.807) is 0 Å². The summed E-state index contributed by atoms with van der Waals surface area (Å²) in [6, 6.07) is 0. The van der Waals surface area contributed by atoms with Gasteiger partial charge in [0.15, 0.2) is 0 Å². The van der Waals surface area contributed by atoms with E-state index in [9.17, 15) is 4.79 Å². The minimum atomic E-state index is -0.751. The van der Waals surface area contributed by atoms with Gasteiger partial charge in [0, 0.05) is 5.41 Å². The Balaban J connectivity index is 4.03. The molecule has 4 nitrogen and oxygen atoms in total. The third-order valence-corrected chi connectivity index (χ3v) is 3.54. The number of carbonyl (C=O) groups is 1. The SMILES string of the molecule is C=C(OCC[N+](C)(C)CCC(=O)O)C(C)(C)CC. The van der Waals surface area contributed by atoms with E-state index in [1.165, 1.54) is 0 Å². The summed E-state index contributed by atoms with van der Waals surface area (Å²) in [5.41, 5.74) is -0.00178. The fourth-order valence-electron chi connectivity index (χ4n) is 1.32. The summed E-state index contributed by atoms with van der Waals surface area (Å²) in [7, 11) is 4.03. The van der Waals surface area contributed by atoms with Crippen LogP contribution in [-0.4, -0.2) is 49.4 Å². The molecule has 0 bridgehead atoms. The van der Waals surface area contributed by atoms with Crippen LogP contribution in [0.25, 0.3) is 0 Å². The lowest BCUT2D eigenvalue weighted by Crippen LogP contribution is -2.43. The van der Waals surface area contributed by atoms with Gasteiger partial charge in [-0.05, 0) is 6.42 Å². The van der Waals surface area contributed by atoms with Crippen LogP contribution in [0.3, 0.4) is 0 Å². The highest BCUT2D eigenvalue weighted by atomic mass is 16.5. The van der Waals surface area contributed by atoms with Crippen molar-refractivity contribution in [1.29, 1.82) is 0 Å². The first-order valence-corrected chi connectivity index (χ1v) is 6.47. The Morgan fingerprint density at radius 1 is 1.33 bits per heavy atom. The van der Waals surface area contributed by atoms with Crippen LogP contribution in [0, 0.1) is 5.41 Å². The third-order valence-electron chi connectivity index (χ3n) is 3.54. The number of quaternary nitrogens is 1. The third kappa shape index (κ3) is 6.64. The first-order chi connectivity index (χ1) is 8.10. The Bertz CT molecular complexity index is 295. The van der Waals surface area contributed by atoms with E-state index in [1.807, 2.05) is 14.1 Å². The van der Waals surface area contributed by atoms with E-state index >= 15 is 0 Å². The molecule has 0 aliphatic carbocycles. The van der Waals surface area contributed by atoms with Crippen molar-refractivity contribution < 1.29 is 19.1 Å². The van der Waals surface area contributed by atoms with Gasteiger partial charge in [-0.3, -0.25) is 4.79 Å². The molecular weight excluding hydrogens is 230 g/mol. The Labute approximate surface area is 111 Å². The molecule has 0 aromatic heterocycles. The predicted octanol–water partition coefficient (Wildman–Crippen LogP) is 2.50. The molecule has 0 aromatic rings. The molecule has 106 valence electrons. The van der Waals surface area contributed by atoms with Gasteiger partial charge >= 0.3 is 5.97 Å². The second-order valence-corrected chi connectivity index (χ2v) is 6.04. The van der Waals surface area contributed by atoms with Gasteiger partial charge < -0.3 is 14.3 Å². The van der Waals surface area contributed by atoms with E-state index in [0.29, 0.717) is 17.6 Å². The number of carboxylic acids is 1. The fourth-order valence-corrected chi connectivity index (χ4v) is 1.32. The van der Waals surface area contributed by atoms with Crippen molar-refractivity contribution in [2.24, 2.45) is 5.41 Å². The maximum atomic E-state index is 10.5. The minimum Gasteiger partial charge on any atom is -0.492 e. The summed E-state index contributed by atoms with van der Waals surface area (Å²) in [5.74, 6) is 0.0573. The van der Waals surface area contributed by atoms with Gasteiger partial charge in [-0.15, -0.1) is 0 Å². The summed E-state index contributed by atoms with van der Waals surface area (Å²) in [4.78, 5) is 10.5. The summed E-state index contributed by atoms with van der Waals surface area (Å²) in [6.07, 6.45) is 1.18. The molecule has 0 fully saturated rings. The zero-order valence-corrected chi connectivity index (χ0v) is 12.5. The highest BCUT2D eigenvalue weighted by Crippen LogP contribution is 2.29. The normalized spacial score (nSPS) is 12.3. The molecule has 0 aliphatic heterocycles. The number of carboxylic acid groups (broad SMARTS) is 1. The van der Waals surface area contributed by atoms with Crippen LogP contribution in [0.15, 0.2) is 12.3 Å². The first kappa shape index (κ1) is 17.0. The Morgan fingerprint density at radius 3 is 2.33 bits per heavy atom. The van der Waals surface area contributed by atoms with Gasteiger partial charge in [-0.25, -0.2) is 0 Å². The van der Waals surface area contributed by atoms with Crippen molar-refractivity contribution in [2.45, 2.75) is 33.6 Å². The maximum absolute atomic E-state index is 10.5. The highest BCUT2D eigenvalue weighted by Gasteiger charge is 2.22. The average molecular weight is 258 g/mol. The molecule has 1 N–H and O–H groups in total. The zero-order valence-electron chi connectivity index (χ0n) is 12.5. The lowest BCUT2D eigenvalue weighted by molar-refractivity contribution is -0.890. The van der Waals surface area contributed by atoms with Crippen LogP contribution in [0.1, 0.15) is 33.6 Å². The van der Waals surface area contributed by atoms with Gasteiger partial charge in [0.2, 0.25) is 0 Å². The average Bonchev–Trinajstić information content (AvgIpc) is 2.26. The summed E-state index contributed by atoms with van der Waals surface area (Å²) < 4.78 is 6.33. The molecule has 0 heterocycles. The fraction of sp³-hybridized carbons (Fsp3) is 0.786. The van der Waals surface area contributed by atoms with Gasteiger partial charge in [0.25, 0.3) is 0 Å². The molecule has 0 rings (SSSR count). The van der Waals surface area contributed by atoms with Gasteiger partial charge in [0.1, 0.15) is 13.2 Å². The van der Waals surface area contributed by atoms with E-state index in [4.69, 9.17) is 9.84 Å². The smallest absolute Gasteiger partial charge is 0.309 e. The number of aliphatic carboxylic acids is 1. The van der Waals surface area contributed by atoms with Crippen molar-refractivity contribution in [1.82, 2.24) is 0 Å². The first-order valence-electron chi connectivity index (χ1n) is 6.47. The molecular formula is C14H28NO3+. The van der Waals surface area contributed by atoms with E-state index in [0.717, 1.165) is 18.7 Å². The molecule has 0 aliphatic rings. The summed E-state index contributed by atoms with van der Waals surface area (Å²) in [6.45, 7) is 12.3. The van der Waals surface area contributed by atoms with Crippen LogP contribution in [0.4, 0.5) is 0 Å². The van der Waals surface area contributed by atoms with E-state index in [-0.39, 0.29) is 11.8 Å². The molecule has 0 saturated carbocycles. The number of rotatable bonds is 9. The van der Waals surface area contributed by atoms with Crippen LogP contribution in [0.2, 0.25) is 0 Å². The van der Waals surface area contributed by atoms with Crippen LogP contribution in [-0.2, 0) is 9.53 Å². The van der Waals surface area contributed by atoms with Crippen molar-refractivity contribution in [2.75, 3.05) is 33.8 Å². The molecule has 0 aromatic carbocycles. The van der Waals surface area contributed by atoms with Crippen molar-refractivity contribution in [3.63, 3.8) is 0 Å². The minimum absolute atomic E-state index is 0.00178. The second kappa shape index (κ2) is 6.78. The molecule has 0 spiro atoms. The Hall–Kier alpha value is -1.03. The van der Waals surface area contributed by atoms with Gasteiger partial charge in [0.05, 0.1) is 32.8 Å². The molecule has 0 radical (unpaired) electrons. The lowest BCUT2D eigenvalue weighted by atomic mass is 9.88. The van der Waals surface area contributed by atoms with Crippen LogP contribution < -0.4 is 0 Å². The topological polar surface area (TPSA) is 46.5 Å². The highest BCUT2D eigenvalue weighted by molar-refractivity contribution is 5.66. The Morgan fingerprint density at radius 2 is 1.89 bits per heavy atom. The van der Waals surface area contributed by atoms with Crippen molar-refractivity contribution in [3.8, 4) is 0 Å². The lowest BCUT2D eigenvalue weighted by Gasteiger charge is -2.31. The van der Waals surface area contributed by atoms with E-state index < -0.39 is 5.97 Å². The monoisotopic (exact) mass is 258 g/mol. The molecule has 18 heavy (non-hydrogen) atoms. The molecule has 0 unspecified atom stereocenters. The summed E-state index contributed by atoms with van der Waals surface area (Å²) >= 11 is 0. The van der Waals surface area contributed by atoms with Crippen LogP contribution >= 0.6 is 0 Å². The predicted molar refractivity (Wildman–Crippen MR) is 73.3 cm³/mol. The van der Waals surface area contributed by atoms with E-state index in [2.05, 4.69) is 27.4 Å². The molecule has 0 saturated heterocycles. The zero-order chi connectivity index (χ0) is 14.4. The number of allylic oxidation sites excluding steroid dienone is 1. The second-order valence-electron chi connectivity index (χ2n) is 6.04. The standard InChI is InChI=1S/C14H27NO3/c1-7-14(3,4)12(2)18-11-10-15(5,6)9-8-13(16)17/h2,7-11H2,1,3-6H3/p+1. The Kier molecular flexibility index (Phi) is 6.39. The number of likely N-dealkylation sites (N-methyl/N-ethyl adjacent to an activating group) is 1. The maximum Gasteiger partial charge on any atom is 0.309 e. The molecule has 4 heteroatoms. The number of nitrogens with zero attached hydrogens (tertiary/aromatic N) is 1. The van der Waals surface area contributed by atoms with Crippen molar-refractivity contribution in [3.05, 3.63) is 12.3 Å². The quantitative estimate of drug-likeness (QED) is 0.510. The molecule has 0 amide bonds. The van der Waals surface area contributed by atoms with Crippen LogP contribution in [0.5, 0.6) is 0 Å². The number of ether oxygens (including phenoxy) is 1. The summed E-state index contributed by atoms with van der Waals surface area (Å²) in [5, 5.41) is 8.67.